The highest BCUT2D eigenvalue weighted by Crippen LogP contribution is 2.31. The maximum absolute atomic E-state index is 12.3. The van der Waals surface area contributed by atoms with E-state index in [9.17, 15) is 26.4 Å². The second-order valence-corrected chi connectivity index (χ2v) is 5.76. The number of anilines is 1. The van der Waals surface area contributed by atoms with E-state index in [2.05, 4.69) is 15.9 Å². The van der Waals surface area contributed by atoms with Gasteiger partial charge in [-0.15, -0.1) is 0 Å². The summed E-state index contributed by atoms with van der Waals surface area (Å²) in [6.07, 6.45) is 0. The van der Waals surface area contributed by atoms with Crippen LogP contribution in [0.3, 0.4) is 0 Å². The largest absolute Gasteiger partial charge is 0.516 e. The highest BCUT2D eigenvalue weighted by molar-refractivity contribution is 9.09. The number of carbonyl (C=O) groups is 1. The molecule has 1 rings (SSSR count). The Morgan fingerprint density at radius 3 is 2.45 bits per heavy atom. The third kappa shape index (κ3) is 3.63. The molecule has 0 unspecified atom stereocenters. The number of ketones is 1. The van der Waals surface area contributed by atoms with Crippen LogP contribution in [-0.4, -0.2) is 32.1 Å². The van der Waals surface area contributed by atoms with Gasteiger partial charge in [-0.25, -0.2) is 0 Å². The quantitative estimate of drug-likeness (QED) is 0.633. The zero-order chi connectivity index (χ0) is 15.6. The first-order valence-electron chi connectivity index (χ1n) is 4.98. The van der Waals surface area contributed by atoms with Gasteiger partial charge in [-0.05, 0) is 18.2 Å². The van der Waals surface area contributed by atoms with Crippen LogP contribution in [0.5, 0.6) is 5.75 Å². The number of alkyl halides is 4. The van der Waals surface area contributed by atoms with Gasteiger partial charge in [0.2, 0.25) is 0 Å². The lowest BCUT2D eigenvalue weighted by molar-refractivity contribution is -0.0429. The average molecular weight is 376 g/mol. The van der Waals surface area contributed by atoms with Crippen LogP contribution >= 0.6 is 15.9 Å². The van der Waals surface area contributed by atoms with E-state index < -0.39 is 21.2 Å². The number of ether oxygens (including phenoxy) is 1. The van der Waals surface area contributed by atoms with E-state index >= 15 is 0 Å². The van der Waals surface area contributed by atoms with Crippen molar-refractivity contribution in [3.63, 3.8) is 0 Å². The lowest BCUT2D eigenvalue weighted by atomic mass is 10.1. The van der Waals surface area contributed by atoms with Gasteiger partial charge in [0.05, 0.1) is 18.1 Å². The number of hydrogen-bond donors (Lipinski definition) is 1. The molecular weight excluding hydrogens is 367 g/mol. The van der Waals surface area contributed by atoms with Gasteiger partial charge in [0, 0.05) is 5.56 Å². The Balaban J connectivity index is 3.18. The standard InChI is InChI=1S/C10H9BrF3NO4S/c1-19-9-4-6(8(16)5-11)2-3-7(9)15-20(17,18)10(12,13)14/h2-4,15H,5H2,1H3. The lowest BCUT2D eigenvalue weighted by Gasteiger charge is -2.14. The Hall–Kier alpha value is -1.29. The molecule has 0 aromatic heterocycles. The van der Waals surface area contributed by atoms with Crippen molar-refractivity contribution in [3.05, 3.63) is 23.8 Å². The smallest absolute Gasteiger partial charge is 0.495 e. The lowest BCUT2D eigenvalue weighted by Crippen LogP contribution is -2.30. The monoisotopic (exact) mass is 375 g/mol. The highest BCUT2D eigenvalue weighted by atomic mass is 79.9. The van der Waals surface area contributed by atoms with Crippen molar-refractivity contribution in [2.24, 2.45) is 0 Å². The molecule has 5 nitrogen and oxygen atoms in total. The van der Waals surface area contributed by atoms with E-state index in [4.69, 9.17) is 4.74 Å². The number of halogens is 4. The summed E-state index contributed by atoms with van der Waals surface area (Å²) in [6.45, 7) is 0. The SMILES string of the molecule is COc1cc(C(=O)CBr)ccc1NS(=O)(=O)C(F)(F)F. The van der Waals surface area contributed by atoms with Gasteiger partial charge in [0.1, 0.15) is 5.75 Å². The predicted molar refractivity (Wildman–Crippen MR) is 69.7 cm³/mol. The van der Waals surface area contributed by atoms with Crippen LogP contribution < -0.4 is 9.46 Å². The Bertz CT molecular complexity index is 615. The molecule has 0 saturated carbocycles. The van der Waals surface area contributed by atoms with Gasteiger partial charge in [0.15, 0.2) is 5.78 Å². The molecule has 0 aliphatic heterocycles. The van der Waals surface area contributed by atoms with Crippen LogP contribution in [0.4, 0.5) is 18.9 Å². The molecule has 0 saturated heterocycles. The summed E-state index contributed by atoms with van der Waals surface area (Å²) in [5, 5.41) is 0.0176. The molecule has 1 aromatic carbocycles. The Kier molecular flexibility index (Phi) is 5.03. The molecule has 10 heteroatoms. The molecule has 20 heavy (non-hydrogen) atoms. The third-order valence-corrected chi connectivity index (χ3v) is 3.80. The molecule has 0 spiro atoms. The van der Waals surface area contributed by atoms with E-state index in [0.717, 1.165) is 19.2 Å². The van der Waals surface area contributed by atoms with Crippen LogP contribution in [0.2, 0.25) is 0 Å². The third-order valence-electron chi connectivity index (χ3n) is 2.19. The van der Waals surface area contributed by atoms with Gasteiger partial charge < -0.3 is 4.74 Å². The van der Waals surface area contributed by atoms with Gasteiger partial charge in [0.25, 0.3) is 0 Å². The second-order valence-electron chi connectivity index (χ2n) is 3.52. The van der Waals surface area contributed by atoms with Gasteiger partial charge in [-0.1, -0.05) is 15.9 Å². The summed E-state index contributed by atoms with van der Waals surface area (Å²) >= 11 is 2.94. The first-order chi connectivity index (χ1) is 9.12. The van der Waals surface area contributed by atoms with Gasteiger partial charge in [-0.3, -0.25) is 9.52 Å². The van der Waals surface area contributed by atoms with E-state index in [1.807, 2.05) is 0 Å². The van der Waals surface area contributed by atoms with Gasteiger partial charge in [-0.2, -0.15) is 21.6 Å². The van der Waals surface area contributed by atoms with E-state index in [-0.39, 0.29) is 22.4 Å². The van der Waals surface area contributed by atoms with Gasteiger partial charge >= 0.3 is 15.5 Å². The zero-order valence-corrected chi connectivity index (χ0v) is 12.4. The summed E-state index contributed by atoms with van der Waals surface area (Å²) in [6, 6.07) is 3.37. The number of Topliss-reactive ketones (excluding diaryl/α,β-unsaturated/α-hetero) is 1. The van der Waals surface area contributed by atoms with Crippen LogP contribution in [0, 0.1) is 0 Å². The molecule has 1 aromatic rings. The summed E-state index contributed by atoms with van der Waals surface area (Å²) in [5.74, 6) is -0.516. The first-order valence-corrected chi connectivity index (χ1v) is 7.59. The minimum atomic E-state index is -5.55. The van der Waals surface area contributed by atoms with Crippen molar-refractivity contribution in [1.82, 2.24) is 0 Å². The summed E-state index contributed by atoms with van der Waals surface area (Å²) in [7, 11) is -4.40. The van der Waals surface area contributed by atoms with Crippen molar-refractivity contribution in [3.8, 4) is 5.75 Å². The fourth-order valence-electron chi connectivity index (χ4n) is 1.23. The predicted octanol–water partition coefficient (Wildman–Crippen LogP) is 2.53. The van der Waals surface area contributed by atoms with E-state index in [0.29, 0.717) is 0 Å². The minimum Gasteiger partial charge on any atom is -0.495 e. The molecule has 0 amide bonds. The fourth-order valence-corrected chi connectivity index (χ4v) is 2.13. The number of methoxy groups -OCH3 is 1. The molecule has 0 aliphatic carbocycles. The highest BCUT2D eigenvalue weighted by Gasteiger charge is 2.46. The number of rotatable bonds is 5. The summed E-state index contributed by atoms with van der Waals surface area (Å²) in [5.41, 5.74) is -5.67. The van der Waals surface area contributed by atoms with Crippen LogP contribution in [0.15, 0.2) is 18.2 Å². The number of carbonyl (C=O) groups excluding carboxylic acids is 1. The number of benzene rings is 1. The molecule has 112 valence electrons. The Morgan fingerprint density at radius 2 is 2.00 bits per heavy atom. The number of hydrogen-bond acceptors (Lipinski definition) is 4. The molecular formula is C10H9BrF3NO4S. The maximum Gasteiger partial charge on any atom is 0.516 e. The summed E-state index contributed by atoms with van der Waals surface area (Å²) < 4.78 is 64.9. The topological polar surface area (TPSA) is 72.5 Å². The second kappa shape index (κ2) is 6.00. The van der Waals surface area contributed by atoms with Crippen molar-refractivity contribution in [1.29, 1.82) is 0 Å². The Morgan fingerprint density at radius 1 is 1.40 bits per heavy atom. The minimum absolute atomic E-state index is 0.0176. The number of sulfonamides is 1. The van der Waals surface area contributed by atoms with Crippen molar-refractivity contribution in [2.45, 2.75) is 5.51 Å². The zero-order valence-electron chi connectivity index (χ0n) is 9.99. The summed E-state index contributed by atoms with van der Waals surface area (Å²) in [4.78, 5) is 11.4. The first kappa shape index (κ1) is 16.8. The fraction of sp³-hybridized carbons (Fsp3) is 0.300. The molecule has 0 atom stereocenters. The molecule has 0 heterocycles. The van der Waals surface area contributed by atoms with Crippen molar-refractivity contribution in [2.75, 3.05) is 17.2 Å². The molecule has 1 N–H and O–H groups in total. The maximum atomic E-state index is 12.3. The Labute approximate surface area is 121 Å². The van der Waals surface area contributed by atoms with E-state index in [1.165, 1.54) is 10.8 Å². The normalized spacial score (nSPS) is 12.1. The molecule has 0 fully saturated rings. The molecule has 0 bridgehead atoms. The van der Waals surface area contributed by atoms with Crippen LogP contribution in [0.1, 0.15) is 10.4 Å². The molecule has 0 radical (unpaired) electrons. The average Bonchev–Trinajstić information content (AvgIpc) is 2.36. The van der Waals surface area contributed by atoms with Crippen LogP contribution in [-0.2, 0) is 10.0 Å². The van der Waals surface area contributed by atoms with Crippen molar-refractivity contribution >= 4 is 37.4 Å². The number of nitrogens with one attached hydrogen (secondary N) is 1. The van der Waals surface area contributed by atoms with E-state index in [1.54, 1.807) is 0 Å². The van der Waals surface area contributed by atoms with Crippen molar-refractivity contribution < 1.29 is 31.1 Å². The molecule has 0 aliphatic rings. The van der Waals surface area contributed by atoms with Crippen LogP contribution in [0.25, 0.3) is 0 Å².